The van der Waals surface area contributed by atoms with E-state index in [-0.39, 0.29) is 5.91 Å². The number of nitrogens with zero attached hydrogens (tertiary/aromatic N) is 2. The predicted molar refractivity (Wildman–Crippen MR) is 61.5 cm³/mol. The summed E-state index contributed by atoms with van der Waals surface area (Å²) in [7, 11) is 3.60. The summed E-state index contributed by atoms with van der Waals surface area (Å²) in [6.45, 7) is 4.43. The van der Waals surface area contributed by atoms with Crippen molar-refractivity contribution in [2.45, 2.75) is 25.8 Å². The van der Waals surface area contributed by atoms with Crippen LogP contribution >= 0.6 is 0 Å². The zero-order valence-corrected chi connectivity index (χ0v) is 10.1. The van der Waals surface area contributed by atoms with Gasteiger partial charge in [-0.25, -0.2) is 0 Å². The Balaban J connectivity index is 2.49. The molecule has 1 fully saturated rings. The largest absolute Gasteiger partial charge is 0.348 e. The van der Waals surface area contributed by atoms with Crippen LogP contribution in [0.3, 0.4) is 0 Å². The van der Waals surface area contributed by atoms with Gasteiger partial charge >= 0.3 is 0 Å². The number of carbonyl (C=O) groups excluding carboxylic acids is 1. The van der Waals surface area contributed by atoms with Crippen LogP contribution in [0.15, 0.2) is 0 Å². The maximum absolute atomic E-state index is 11.6. The Hall–Kier alpha value is -0.610. The highest BCUT2D eigenvalue weighted by molar-refractivity contribution is 5.77. The average molecular weight is 213 g/mol. The Labute approximate surface area is 92.4 Å². The van der Waals surface area contributed by atoms with Crippen LogP contribution in [0.25, 0.3) is 0 Å². The van der Waals surface area contributed by atoms with Crippen molar-refractivity contribution in [2.75, 3.05) is 33.7 Å². The monoisotopic (exact) mass is 213 g/mol. The first-order chi connectivity index (χ1) is 7.04. The van der Waals surface area contributed by atoms with E-state index in [0.717, 1.165) is 18.9 Å². The van der Waals surface area contributed by atoms with Gasteiger partial charge in [-0.3, -0.25) is 9.69 Å². The van der Waals surface area contributed by atoms with Gasteiger partial charge in [-0.15, -0.1) is 0 Å². The zero-order chi connectivity index (χ0) is 11.4. The molecule has 1 amide bonds. The van der Waals surface area contributed by atoms with Crippen LogP contribution in [-0.4, -0.2) is 55.5 Å². The van der Waals surface area contributed by atoms with E-state index in [2.05, 4.69) is 11.8 Å². The van der Waals surface area contributed by atoms with Crippen LogP contribution in [0.1, 0.15) is 19.8 Å². The predicted octanol–water partition coefficient (Wildman–Crippen LogP) is 0.134. The van der Waals surface area contributed by atoms with Crippen molar-refractivity contribution in [3.8, 4) is 0 Å². The molecule has 0 saturated carbocycles. The highest BCUT2D eigenvalue weighted by Gasteiger charge is 2.26. The van der Waals surface area contributed by atoms with Crippen molar-refractivity contribution >= 4 is 5.91 Å². The maximum atomic E-state index is 11.6. The molecule has 2 unspecified atom stereocenters. The van der Waals surface area contributed by atoms with Crippen LogP contribution in [0.2, 0.25) is 0 Å². The summed E-state index contributed by atoms with van der Waals surface area (Å²) in [5.74, 6) is 0.910. The Morgan fingerprint density at radius 3 is 2.73 bits per heavy atom. The number of amides is 1. The molecular weight excluding hydrogens is 190 g/mol. The summed E-state index contributed by atoms with van der Waals surface area (Å²) >= 11 is 0. The fourth-order valence-electron chi connectivity index (χ4n) is 2.07. The molecule has 4 nitrogen and oxygen atoms in total. The van der Waals surface area contributed by atoms with Gasteiger partial charge in [0.1, 0.15) is 0 Å². The first-order valence-electron chi connectivity index (χ1n) is 5.68. The number of likely N-dealkylation sites (N-methyl/N-ethyl adjacent to an activating group) is 1. The molecule has 0 aromatic heterocycles. The van der Waals surface area contributed by atoms with Crippen molar-refractivity contribution in [2.24, 2.45) is 11.7 Å². The van der Waals surface area contributed by atoms with Gasteiger partial charge in [-0.1, -0.05) is 6.92 Å². The number of likely N-dealkylation sites (tertiary alicyclic amines) is 1. The summed E-state index contributed by atoms with van der Waals surface area (Å²) in [4.78, 5) is 15.5. The first-order valence-corrected chi connectivity index (χ1v) is 5.68. The highest BCUT2D eigenvalue weighted by Crippen LogP contribution is 2.21. The van der Waals surface area contributed by atoms with Crippen LogP contribution in [-0.2, 0) is 4.79 Å². The first kappa shape index (κ1) is 12.5. The molecule has 1 saturated heterocycles. The van der Waals surface area contributed by atoms with E-state index in [4.69, 9.17) is 5.73 Å². The van der Waals surface area contributed by atoms with Gasteiger partial charge in [0, 0.05) is 26.7 Å². The Morgan fingerprint density at radius 1 is 1.53 bits per heavy atom. The number of hydrogen-bond acceptors (Lipinski definition) is 3. The molecule has 2 atom stereocenters. The Morgan fingerprint density at radius 2 is 2.20 bits per heavy atom. The van der Waals surface area contributed by atoms with Gasteiger partial charge in [0.25, 0.3) is 0 Å². The second-order valence-electron chi connectivity index (χ2n) is 4.78. The summed E-state index contributed by atoms with van der Waals surface area (Å²) in [5, 5.41) is 0. The summed E-state index contributed by atoms with van der Waals surface area (Å²) < 4.78 is 0. The number of rotatable bonds is 3. The van der Waals surface area contributed by atoms with E-state index < -0.39 is 0 Å². The van der Waals surface area contributed by atoms with E-state index in [0.29, 0.717) is 19.1 Å². The third-order valence-electron chi connectivity index (χ3n) is 3.21. The lowest BCUT2D eigenvalue weighted by Crippen LogP contribution is -2.49. The lowest BCUT2D eigenvalue weighted by molar-refractivity contribution is -0.131. The Kier molecular flexibility index (Phi) is 4.54. The summed E-state index contributed by atoms with van der Waals surface area (Å²) in [6, 6.07) is 0.387. The third-order valence-corrected chi connectivity index (χ3v) is 3.21. The van der Waals surface area contributed by atoms with Crippen LogP contribution < -0.4 is 5.73 Å². The minimum Gasteiger partial charge on any atom is -0.348 e. The van der Waals surface area contributed by atoms with Crippen molar-refractivity contribution in [1.29, 1.82) is 0 Å². The van der Waals surface area contributed by atoms with E-state index in [1.54, 1.807) is 19.0 Å². The lowest BCUT2D eigenvalue weighted by atomic mass is 9.92. The maximum Gasteiger partial charge on any atom is 0.236 e. The number of nitrogens with two attached hydrogens (primary N) is 1. The molecule has 0 aromatic rings. The molecule has 1 rings (SSSR count). The highest BCUT2D eigenvalue weighted by atomic mass is 16.2. The molecule has 2 N–H and O–H groups in total. The minimum atomic E-state index is 0.169. The summed E-state index contributed by atoms with van der Waals surface area (Å²) in [6.07, 6.45) is 2.30. The van der Waals surface area contributed by atoms with E-state index in [1.807, 2.05) is 0 Å². The van der Waals surface area contributed by atoms with Crippen molar-refractivity contribution in [3.63, 3.8) is 0 Å². The molecule has 0 aliphatic carbocycles. The second kappa shape index (κ2) is 5.47. The topological polar surface area (TPSA) is 49.6 Å². The van der Waals surface area contributed by atoms with Crippen molar-refractivity contribution in [1.82, 2.24) is 9.80 Å². The molecule has 88 valence electrons. The number of carbonyl (C=O) groups is 1. The molecule has 15 heavy (non-hydrogen) atoms. The fourth-order valence-corrected chi connectivity index (χ4v) is 2.07. The minimum absolute atomic E-state index is 0.169. The lowest BCUT2D eigenvalue weighted by Gasteiger charge is -2.37. The van der Waals surface area contributed by atoms with E-state index in [1.165, 1.54) is 6.42 Å². The van der Waals surface area contributed by atoms with Gasteiger partial charge in [-0.2, -0.15) is 0 Å². The van der Waals surface area contributed by atoms with Gasteiger partial charge in [0.05, 0.1) is 6.54 Å². The molecule has 1 heterocycles. The number of hydrogen-bond donors (Lipinski definition) is 1. The van der Waals surface area contributed by atoms with Crippen molar-refractivity contribution < 1.29 is 4.79 Å². The van der Waals surface area contributed by atoms with E-state index in [9.17, 15) is 4.79 Å². The quantitative estimate of drug-likeness (QED) is 0.725. The third kappa shape index (κ3) is 3.47. The van der Waals surface area contributed by atoms with Gasteiger partial charge in [0.15, 0.2) is 0 Å². The zero-order valence-electron chi connectivity index (χ0n) is 10.1. The van der Waals surface area contributed by atoms with Crippen LogP contribution in [0.4, 0.5) is 0 Å². The van der Waals surface area contributed by atoms with Gasteiger partial charge in [-0.05, 0) is 25.3 Å². The normalized spacial score (nSPS) is 27.7. The van der Waals surface area contributed by atoms with Crippen molar-refractivity contribution in [3.05, 3.63) is 0 Å². The van der Waals surface area contributed by atoms with E-state index >= 15 is 0 Å². The molecule has 0 spiro atoms. The molecule has 1 aliphatic rings. The summed E-state index contributed by atoms with van der Waals surface area (Å²) in [5.41, 5.74) is 5.74. The smallest absolute Gasteiger partial charge is 0.236 e. The van der Waals surface area contributed by atoms with Crippen LogP contribution in [0, 0.1) is 5.92 Å². The molecule has 0 bridgehead atoms. The molecule has 4 heteroatoms. The second-order valence-corrected chi connectivity index (χ2v) is 4.78. The Bertz CT molecular complexity index is 218. The molecule has 0 aromatic carbocycles. The molecule has 1 aliphatic heterocycles. The fraction of sp³-hybridized carbons (Fsp3) is 0.909. The standard InChI is InChI=1S/C11H23N3O/c1-9-4-5-14(10(6-9)7-12)8-11(15)13(2)3/h9-10H,4-8,12H2,1-3H3. The SMILES string of the molecule is CC1CCN(CC(=O)N(C)C)C(CN)C1. The molecule has 0 radical (unpaired) electrons. The molecular formula is C11H23N3O. The number of piperidine rings is 1. The van der Waals surface area contributed by atoms with Crippen LogP contribution in [0.5, 0.6) is 0 Å². The van der Waals surface area contributed by atoms with Gasteiger partial charge in [0.2, 0.25) is 5.91 Å². The average Bonchev–Trinajstić information content (AvgIpc) is 2.20. The van der Waals surface area contributed by atoms with Gasteiger partial charge < -0.3 is 10.6 Å².